The molecule has 2 N–H and O–H groups in total. The summed E-state index contributed by atoms with van der Waals surface area (Å²) in [7, 11) is 0. The van der Waals surface area contributed by atoms with Crippen molar-refractivity contribution in [2.45, 2.75) is 33.4 Å². The molecule has 0 bridgehead atoms. The van der Waals surface area contributed by atoms with Crippen LogP contribution in [0.1, 0.15) is 19.4 Å². The molecule has 0 spiro atoms. The Bertz CT molecular complexity index is 571. The molecule has 8 heteroatoms. The molecule has 1 unspecified atom stereocenters. The van der Waals surface area contributed by atoms with Gasteiger partial charge in [-0.1, -0.05) is 13.8 Å². The Morgan fingerprint density at radius 2 is 2.10 bits per heavy atom. The molecule has 0 saturated carbocycles. The molecule has 0 saturated heterocycles. The number of halogens is 1. The Morgan fingerprint density at radius 3 is 2.62 bits per heavy atom. The molecule has 0 radical (unpaired) electrons. The van der Waals surface area contributed by atoms with Crippen molar-refractivity contribution < 1.29 is 10.0 Å². The fourth-order valence-electron chi connectivity index (χ4n) is 1.85. The van der Waals surface area contributed by atoms with Gasteiger partial charge in [-0.3, -0.25) is 14.9 Å². The van der Waals surface area contributed by atoms with Crippen molar-refractivity contribution in [2.75, 3.05) is 13.1 Å². The molecule has 21 heavy (non-hydrogen) atoms. The first-order valence-corrected chi connectivity index (χ1v) is 7.46. The van der Waals surface area contributed by atoms with E-state index in [9.17, 15) is 20.0 Å². The van der Waals surface area contributed by atoms with Crippen molar-refractivity contribution in [1.29, 1.82) is 0 Å². The van der Waals surface area contributed by atoms with Crippen LogP contribution < -0.4 is 10.9 Å². The van der Waals surface area contributed by atoms with Crippen molar-refractivity contribution in [3.05, 3.63) is 36.7 Å². The third-order valence-electron chi connectivity index (χ3n) is 2.98. The van der Waals surface area contributed by atoms with E-state index in [1.165, 1.54) is 13.1 Å². The first-order chi connectivity index (χ1) is 9.73. The van der Waals surface area contributed by atoms with Crippen LogP contribution in [-0.4, -0.2) is 33.8 Å². The monoisotopic (exact) mass is 361 g/mol. The van der Waals surface area contributed by atoms with Crippen LogP contribution in [0.3, 0.4) is 0 Å². The van der Waals surface area contributed by atoms with Crippen LogP contribution in [0.15, 0.2) is 15.5 Å². The summed E-state index contributed by atoms with van der Waals surface area (Å²) in [5.41, 5.74) is -0.251. The van der Waals surface area contributed by atoms with Gasteiger partial charge in [0.05, 0.1) is 28.2 Å². The van der Waals surface area contributed by atoms with E-state index >= 15 is 0 Å². The molecule has 118 valence electrons. The van der Waals surface area contributed by atoms with Gasteiger partial charge < -0.3 is 15.0 Å². The van der Waals surface area contributed by atoms with Crippen LogP contribution in [0.4, 0.5) is 5.69 Å². The number of aliphatic hydroxyl groups is 1. The molecule has 1 rings (SSSR count). The Morgan fingerprint density at radius 1 is 1.48 bits per heavy atom. The number of aliphatic hydroxyl groups excluding tert-OH is 1. The van der Waals surface area contributed by atoms with Crippen molar-refractivity contribution in [3.8, 4) is 0 Å². The number of nitro groups is 1. The van der Waals surface area contributed by atoms with Gasteiger partial charge in [-0.05, 0) is 35.3 Å². The van der Waals surface area contributed by atoms with Gasteiger partial charge in [-0.15, -0.1) is 0 Å². The van der Waals surface area contributed by atoms with Crippen LogP contribution in [-0.2, 0) is 6.54 Å². The maximum Gasteiger partial charge on any atom is 0.289 e. The standard InChI is InChI=1S/C13H20BrN3O4/c1-8(2)4-15-5-10(18)6-16-7-11(17(20)21)9(3)12(14)13(16)19/h7-8,10,15,18H,4-6H2,1-3H3. The average Bonchev–Trinajstić information content (AvgIpc) is 2.38. The molecule has 0 aliphatic rings. The lowest BCUT2D eigenvalue weighted by atomic mass is 10.2. The topological polar surface area (TPSA) is 97.4 Å². The highest BCUT2D eigenvalue weighted by atomic mass is 79.9. The number of hydrogen-bond donors (Lipinski definition) is 2. The summed E-state index contributed by atoms with van der Waals surface area (Å²) in [6, 6.07) is 0. The van der Waals surface area contributed by atoms with Crippen LogP contribution in [0, 0.1) is 23.0 Å². The van der Waals surface area contributed by atoms with Gasteiger partial charge in [0.1, 0.15) is 0 Å². The summed E-state index contributed by atoms with van der Waals surface area (Å²) in [6.45, 7) is 6.68. The summed E-state index contributed by atoms with van der Waals surface area (Å²) >= 11 is 3.08. The van der Waals surface area contributed by atoms with Crippen LogP contribution in [0.5, 0.6) is 0 Å². The maximum atomic E-state index is 12.0. The summed E-state index contributed by atoms with van der Waals surface area (Å²) in [6.07, 6.45) is 0.379. The smallest absolute Gasteiger partial charge is 0.289 e. The molecule has 0 aliphatic carbocycles. The quantitative estimate of drug-likeness (QED) is 0.565. The van der Waals surface area contributed by atoms with E-state index in [-0.39, 0.29) is 27.8 Å². The zero-order valence-corrected chi connectivity index (χ0v) is 13.9. The van der Waals surface area contributed by atoms with E-state index in [1.807, 2.05) is 13.8 Å². The molecule has 0 amide bonds. The Labute approximate surface area is 131 Å². The Balaban J connectivity index is 2.88. The molecule has 0 aliphatic heterocycles. The number of nitrogens with one attached hydrogen (secondary N) is 1. The summed E-state index contributed by atoms with van der Waals surface area (Å²) in [5.74, 6) is 0.453. The van der Waals surface area contributed by atoms with Gasteiger partial charge in [0, 0.05) is 12.1 Å². The van der Waals surface area contributed by atoms with E-state index in [2.05, 4.69) is 21.2 Å². The van der Waals surface area contributed by atoms with E-state index in [0.717, 1.165) is 11.1 Å². The molecule has 0 fully saturated rings. The molecular weight excluding hydrogens is 342 g/mol. The third-order valence-corrected chi connectivity index (χ3v) is 3.91. The van der Waals surface area contributed by atoms with Crippen LogP contribution in [0.25, 0.3) is 0 Å². The second kappa shape index (κ2) is 7.67. The highest BCUT2D eigenvalue weighted by molar-refractivity contribution is 9.10. The maximum absolute atomic E-state index is 12.0. The van der Waals surface area contributed by atoms with Gasteiger partial charge in [-0.25, -0.2) is 0 Å². The Hall–Kier alpha value is -1.25. The molecule has 1 atom stereocenters. The molecule has 1 aromatic rings. The van der Waals surface area contributed by atoms with Gasteiger partial charge >= 0.3 is 0 Å². The van der Waals surface area contributed by atoms with Gasteiger partial charge in [0.25, 0.3) is 11.2 Å². The predicted octanol–water partition coefficient (Wildman–Crippen LogP) is 1.43. The molecule has 0 aromatic carbocycles. The number of hydrogen-bond acceptors (Lipinski definition) is 5. The number of pyridine rings is 1. The first-order valence-electron chi connectivity index (χ1n) is 6.66. The predicted molar refractivity (Wildman–Crippen MR) is 83.5 cm³/mol. The fraction of sp³-hybridized carbons (Fsp3) is 0.615. The van der Waals surface area contributed by atoms with E-state index < -0.39 is 11.0 Å². The van der Waals surface area contributed by atoms with Crippen LogP contribution in [0.2, 0.25) is 0 Å². The Kier molecular flexibility index (Phi) is 6.50. The zero-order chi connectivity index (χ0) is 16.2. The minimum atomic E-state index is -0.796. The van der Waals surface area contributed by atoms with E-state index in [4.69, 9.17) is 0 Å². The second-order valence-electron chi connectivity index (χ2n) is 5.37. The highest BCUT2D eigenvalue weighted by Crippen LogP contribution is 2.22. The number of rotatable bonds is 7. The van der Waals surface area contributed by atoms with Crippen molar-refractivity contribution in [2.24, 2.45) is 5.92 Å². The lowest BCUT2D eigenvalue weighted by Gasteiger charge is -2.15. The average molecular weight is 362 g/mol. The van der Waals surface area contributed by atoms with Crippen molar-refractivity contribution >= 4 is 21.6 Å². The normalized spacial score (nSPS) is 12.7. The van der Waals surface area contributed by atoms with Crippen molar-refractivity contribution in [1.82, 2.24) is 9.88 Å². The highest BCUT2D eigenvalue weighted by Gasteiger charge is 2.19. The number of nitrogens with zero attached hydrogens (tertiary/aromatic N) is 2. The van der Waals surface area contributed by atoms with Gasteiger partial charge in [-0.2, -0.15) is 0 Å². The lowest BCUT2D eigenvalue weighted by molar-refractivity contribution is -0.386. The fourth-order valence-corrected chi connectivity index (χ4v) is 2.28. The van der Waals surface area contributed by atoms with Gasteiger partial charge in [0.15, 0.2) is 0 Å². The zero-order valence-electron chi connectivity index (χ0n) is 12.3. The van der Waals surface area contributed by atoms with E-state index in [0.29, 0.717) is 12.5 Å². The largest absolute Gasteiger partial charge is 0.390 e. The van der Waals surface area contributed by atoms with Crippen LogP contribution >= 0.6 is 15.9 Å². The minimum absolute atomic E-state index is 0.00362. The molecular formula is C13H20BrN3O4. The molecule has 7 nitrogen and oxygen atoms in total. The SMILES string of the molecule is Cc1c([N+](=O)[O-])cn(CC(O)CNCC(C)C)c(=O)c1Br. The first kappa shape index (κ1) is 17.8. The summed E-state index contributed by atoms with van der Waals surface area (Å²) in [4.78, 5) is 22.5. The third kappa shape index (κ3) is 4.90. The molecule has 1 aromatic heterocycles. The van der Waals surface area contributed by atoms with E-state index in [1.54, 1.807) is 0 Å². The summed E-state index contributed by atoms with van der Waals surface area (Å²) < 4.78 is 1.32. The number of aromatic nitrogens is 1. The summed E-state index contributed by atoms with van der Waals surface area (Å²) in [5, 5.41) is 24.0. The minimum Gasteiger partial charge on any atom is -0.390 e. The lowest BCUT2D eigenvalue weighted by Crippen LogP contribution is -2.35. The second-order valence-corrected chi connectivity index (χ2v) is 6.17. The van der Waals surface area contributed by atoms with Gasteiger partial charge in [0.2, 0.25) is 0 Å². The molecule has 1 heterocycles. The van der Waals surface area contributed by atoms with Crippen molar-refractivity contribution in [3.63, 3.8) is 0 Å².